The SMILES string of the molecule is COCc1nnc(NC2CCN(Cc3ccc(C#CC(C)(C)O)cc3)CC2)c2cc(OC)ccc12. The summed E-state index contributed by atoms with van der Waals surface area (Å²) in [6, 6.07) is 14.6. The van der Waals surface area contributed by atoms with Crippen molar-refractivity contribution in [1.82, 2.24) is 15.1 Å². The molecule has 7 heteroatoms. The second-order valence-corrected chi connectivity index (χ2v) is 9.54. The number of piperidine rings is 1. The molecule has 0 saturated carbocycles. The summed E-state index contributed by atoms with van der Waals surface area (Å²) in [6.45, 7) is 6.73. The molecule has 0 unspecified atom stereocenters. The van der Waals surface area contributed by atoms with E-state index in [-0.39, 0.29) is 0 Å². The summed E-state index contributed by atoms with van der Waals surface area (Å²) in [5.41, 5.74) is 2.03. The molecule has 0 aliphatic carbocycles. The van der Waals surface area contributed by atoms with Crippen LogP contribution >= 0.6 is 0 Å². The topological polar surface area (TPSA) is 79.7 Å². The molecule has 3 aromatic rings. The van der Waals surface area contributed by atoms with Crippen LogP contribution in [-0.4, -0.2) is 59.2 Å². The molecule has 0 radical (unpaired) electrons. The van der Waals surface area contributed by atoms with Crippen LogP contribution in [0.25, 0.3) is 10.8 Å². The van der Waals surface area contributed by atoms with Gasteiger partial charge in [0.15, 0.2) is 5.82 Å². The van der Waals surface area contributed by atoms with Crippen LogP contribution in [0, 0.1) is 11.8 Å². The molecule has 0 bridgehead atoms. The molecule has 1 fully saturated rings. The minimum absolute atomic E-state index is 0.336. The maximum Gasteiger partial charge on any atom is 0.156 e. The molecule has 2 heterocycles. The summed E-state index contributed by atoms with van der Waals surface area (Å²) in [7, 11) is 3.34. The second kappa shape index (κ2) is 11.0. The minimum Gasteiger partial charge on any atom is -0.497 e. The van der Waals surface area contributed by atoms with Gasteiger partial charge in [-0.3, -0.25) is 4.90 Å². The average Bonchev–Trinajstić information content (AvgIpc) is 2.85. The summed E-state index contributed by atoms with van der Waals surface area (Å²) in [4.78, 5) is 2.48. The number of aliphatic hydroxyl groups is 1. The van der Waals surface area contributed by atoms with Crippen molar-refractivity contribution in [3.63, 3.8) is 0 Å². The Morgan fingerprint density at radius 2 is 1.80 bits per heavy atom. The second-order valence-electron chi connectivity index (χ2n) is 9.54. The van der Waals surface area contributed by atoms with Gasteiger partial charge in [0.05, 0.1) is 19.4 Å². The monoisotopic (exact) mass is 474 g/mol. The first-order valence-electron chi connectivity index (χ1n) is 12.0. The van der Waals surface area contributed by atoms with Gasteiger partial charge in [-0.2, -0.15) is 5.10 Å². The third-order valence-corrected chi connectivity index (χ3v) is 6.15. The van der Waals surface area contributed by atoms with Crippen LogP contribution in [-0.2, 0) is 17.9 Å². The zero-order valence-electron chi connectivity index (χ0n) is 21.0. The van der Waals surface area contributed by atoms with Gasteiger partial charge >= 0.3 is 0 Å². The van der Waals surface area contributed by atoms with Gasteiger partial charge in [0.2, 0.25) is 0 Å². The van der Waals surface area contributed by atoms with E-state index in [1.54, 1.807) is 28.1 Å². The van der Waals surface area contributed by atoms with E-state index in [0.29, 0.717) is 12.6 Å². The third-order valence-electron chi connectivity index (χ3n) is 6.15. The van der Waals surface area contributed by atoms with Crippen LogP contribution < -0.4 is 10.1 Å². The van der Waals surface area contributed by atoms with Gasteiger partial charge < -0.3 is 19.9 Å². The number of ether oxygens (including phenoxy) is 2. The molecule has 1 aliphatic rings. The van der Waals surface area contributed by atoms with Gasteiger partial charge in [0.1, 0.15) is 11.4 Å². The van der Waals surface area contributed by atoms with Crippen molar-refractivity contribution in [3.8, 4) is 17.6 Å². The molecule has 1 aliphatic heterocycles. The number of benzene rings is 2. The van der Waals surface area contributed by atoms with Gasteiger partial charge in [-0.1, -0.05) is 24.0 Å². The summed E-state index contributed by atoms with van der Waals surface area (Å²) >= 11 is 0. The number of hydrogen-bond acceptors (Lipinski definition) is 7. The van der Waals surface area contributed by atoms with E-state index in [1.165, 1.54) is 5.56 Å². The van der Waals surface area contributed by atoms with Crippen molar-refractivity contribution in [3.05, 3.63) is 59.3 Å². The molecule has 2 N–H and O–H groups in total. The van der Waals surface area contributed by atoms with Gasteiger partial charge in [-0.15, -0.1) is 5.10 Å². The molecule has 7 nitrogen and oxygen atoms in total. The van der Waals surface area contributed by atoms with Crippen LogP contribution in [0.4, 0.5) is 5.82 Å². The first kappa shape index (κ1) is 24.9. The molecule has 1 aromatic heterocycles. The van der Waals surface area contributed by atoms with Crippen molar-refractivity contribution in [2.75, 3.05) is 32.6 Å². The van der Waals surface area contributed by atoms with Gasteiger partial charge in [0, 0.05) is 49.1 Å². The Bertz CT molecular complexity index is 1200. The van der Waals surface area contributed by atoms with E-state index in [9.17, 15) is 5.11 Å². The number of aromatic nitrogens is 2. The Balaban J connectivity index is 1.37. The lowest BCUT2D eigenvalue weighted by molar-refractivity contribution is 0.143. The lowest BCUT2D eigenvalue weighted by Crippen LogP contribution is -2.38. The zero-order chi connectivity index (χ0) is 24.8. The van der Waals surface area contributed by atoms with E-state index >= 15 is 0 Å². The fourth-order valence-electron chi connectivity index (χ4n) is 4.27. The standard InChI is InChI=1S/C28H34N4O3/c1-28(2,33)14-11-20-5-7-21(8-6-20)18-32-15-12-22(13-16-32)29-27-25-17-23(35-4)9-10-24(25)26(19-34-3)30-31-27/h5-10,17,22,33H,12-13,15-16,18-19H2,1-4H3,(H,29,31). The number of fused-ring (bicyclic) bond motifs is 1. The number of rotatable bonds is 7. The number of methoxy groups -OCH3 is 2. The summed E-state index contributed by atoms with van der Waals surface area (Å²) in [5.74, 6) is 7.47. The van der Waals surface area contributed by atoms with Crippen LogP contribution in [0.5, 0.6) is 5.75 Å². The number of nitrogens with one attached hydrogen (secondary N) is 1. The Kier molecular flexibility index (Phi) is 7.86. The summed E-state index contributed by atoms with van der Waals surface area (Å²) in [6.07, 6.45) is 2.06. The first-order chi connectivity index (χ1) is 16.8. The number of nitrogens with zero attached hydrogens (tertiary/aromatic N) is 3. The number of likely N-dealkylation sites (tertiary alicyclic amines) is 1. The van der Waals surface area contributed by atoms with Crippen molar-refractivity contribution in [1.29, 1.82) is 0 Å². The first-order valence-corrected chi connectivity index (χ1v) is 12.0. The van der Waals surface area contributed by atoms with Crippen LogP contribution in [0.15, 0.2) is 42.5 Å². The van der Waals surface area contributed by atoms with E-state index in [0.717, 1.165) is 66.1 Å². The van der Waals surface area contributed by atoms with Gasteiger partial charge in [0.25, 0.3) is 0 Å². The highest BCUT2D eigenvalue weighted by molar-refractivity contribution is 5.94. The molecular weight excluding hydrogens is 440 g/mol. The summed E-state index contributed by atoms with van der Waals surface area (Å²) in [5, 5.41) is 24.3. The Labute approximate surface area is 207 Å². The molecule has 4 rings (SSSR count). The summed E-state index contributed by atoms with van der Waals surface area (Å²) < 4.78 is 10.7. The third kappa shape index (κ3) is 6.70. The predicted molar refractivity (Wildman–Crippen MR) is 138 cm³/mol. The highest BCUT2D eigenvalue weighted by Crippen LogP contribution is 2.29. The fourth-order valence-corrected chi connectivity index (χ4v) is 4.27. The molecular formula is C28H34N4O3. The van der Waals surface area contributed by atoms with Crippen LogP contribution in [0.1, 0.15) is 43.5 Å². The van der Waals surface area contributed by atoms with E-state index < -0.39 is 5.60 Å². The van der Waals surface area contributed by atoms with Gasteiger partial charge in [-0.25, -0.2) is 0 Å². The van der Waals surface area contributed by atoms with Crippen LogP contribution in [0.2, 0.25) is 0 Å². The molecule has 35 heavy (non-hydrogen) atoms. The quantitative estimate of drug-likeness (QED) is 0.502. The lowest BCUT2D eigenvalue weighted by Gasteiger charge is -2.32. The Morgan fingerprint density at radius 3 is 2.46 bits per heavy atom. The fraction of sp³-hybridized carbons (Fsp3) is 0.429. The maximum atomic E-state index is 9.77. The maximum absolute atomic E-state index is 9.77. The Hall–Kier alpha value is -3.18. The van der Waals surface area contributed by atoms with E-state index in [4.69, 9.17) is 9.47 Å². The number of anilines is 1. The predicted octanol–water partition coefficient (Wildman–Crippen LogP) is 3.98. The number of hydrogen-bond donors (Lipinski definition) is 2. The smallest absolute Gasteiger partial charge is 0.156 e. The zero-order valence-corrected chi connectivity index (χ0v) is 21.0. The van der Waals surface area contributed by atoms with Crippen LogP contribution in [0.3, 0.4) is 0 Å². The molecule has 1 saturated heterocycles. The van der Waals surface area contributed by atoms with Gasteiger partial charge in [-0.05, 0) is 62.6 Å². The lowest BCUT2D eigenvalue weighted by atomic mass is 10.0. The molecule has 0 atom stereocenters. The highest BCUT2D eigenvalue weighted by Gasteiger charge is 2.21. The molecule has 2 aromatic carbocycles. The molecule has 0 amide bonds. The molecule has 184 valence electrons. The minimum atomic E-state index is -0.979. The van der Waals surface area contributed by atoms with Crippen molar-refractivity contribution in [2.24, 2.45) is 0 Å². The average molecular weight is 475 g/mol. The van der Waals surface area contributed by atoms with Crippen molar-refractivity contribution in [2.45, 2.75) is 51.5 Å². The highest BCUT2D eigenvalue weighted by atomic mass is 16.5. The van der Waals surface area contributed by atoms with Crippen molar-refractivity contribution < 1.29 is 14.6 Å². The van der Waals surface area contributed by atoms with E-state index in [2.05, 4.69) is 44.4 Å². The van der Waals surface area contributed by atoms with E-state index in [1.807, 2.05) is 30.3 Å². The Morgan fingerprint density at radius 1 is 1.06 bits per heavy atom. The van der Waals surface area contributed by atoms with Crippen molar-refractivity contribution >= 4 is 16.6 Å². The normalized spacial score (nSPS) is 15.0. The molecule has 0 spiro atoms. The largest absolute Gasteiger partial charge is 0.497 e.